The van der Waals surface area contributed by atoms with Crippen LogP contribution in [-0.2, 0) is 17.9 Å². The molecule has 0 unspecified atom stereocenters. The Balaban J connectivity index is 1.59. The molecule has 1 saturated heterocycles. The third kappa shape index (κ3) is 4.55. The summed E-state index contributed by atoms with van der Waals surface area (Å²) in [6.07, 6.45) is 5.75. The van der Waals surface area contributed by atoms with E-state index in [0.717, 1.165) is 44.1 Å². The summed E-state index contributed by atoms with van der Waals surface area (Å²) in [4.78, 5) is 16.4. The molecule has 0 atom stereocenters. The molecule has 8 heteroatoms. The average Bonchev–Trinajstić information content (AvgIpc) is 3.31. The number of hydrogen-bond acceptors (Lipinski definition) is 5. The lowest BCUT2D eigenvalue weighted by Gasteiger charge is -2.33. The lowest BCUT2D eigenvalue weighted by Crippen LogP contribution is -2.44. The fraction of sp³-hybridized carbons (Fsp3) is 0.684. The van der Waals surface area contributed by atoms with Crippen LogP contribution < -0.4 is 0 Å². The van der Waals surface area contributed by atoms with Crippen molar-refractivity contribution in [3.05, 3.63) is 30.1 Å². The van der Waals surface area contributed by atoms with Gasteiger partial charge in [0, 0.05) is 37.9 Å². The summed E-state index contributed by atoms with van der Waals surface area (Å²) >= 11 is 0. The molecule has 0 radical (unpaired) electrons. The standard InChI is InChI=1S/C19H31N7O/c1-5-26-17(13-25-10-6-9-20-25)21-22-19(26)16-7-11-24(12-8-16)14-18(27)23(4)15(2)3/h6,9-10,15-16H,5,7-8,11-14H2,1-4H3. The molecule has 0 aliphatic carbocycles. The maximum atomic E-state index is 12.3. The Morgan fingerprint density at radius 1 is 1.30 bits per heavy atom. The van der Waals surface area contributed by atoms with Crippen molar-refractivity contribution in [2.75, 3.05) is 26.7 Å². The van der Waals surface area contributed by atoms with Gasteiger partial charge in [-0.15, -0.1) is 10.2 Å². The second-order valence-electron chi connectivity index (χ2n) is 7.57. The third-order valence-electron chi connectivity index (χ3n) is 5.51. The van der Waals surface area contributed by atoms with Crippen LogP contribution in [0.4, 0.5) is 0 Å². The summed E-state index contributed by atoms with van der Waals surface area (Å²) in [7, 11) is 1.88. The van der Waals surface area contributed by atoms with E-state index < -0.39 is 0 Å². The van der Waals surface area contributed by atoms with Gasteiger partial charge < -0.3 is 9.47 Å². The smallest absolute Gasteiger partial charge is 0.236 e. The molecule has 1 amide bonds. The van der Waals surface area contributed by atoms with Gasteiger partial charge in [-0.1, -0.05) is 0 Å². The van der Waals surface area contributed by atoms with Crippen LogP contribution in [-0.4, -0.2) is 73.0 Å². The molecule has 1 aliphatic rings. The number of likely N-dealkylation sites (N-methyl/N-ethyl adjacent to an activating group) is 1. The molecule has 148 valence electrons. The van der Waals surface area contributed by atoms with E-state index in [4.69, 9.17) is 0 Å². The maximum Gasteiger partial charge on any atom is 0.236 e. The molecule has 1 fully saturated rings. The van der Waals surface area contributed by atoms with Gasteiger partial charge in [0.15, 0.2) is 5.82 Å². The van der Waals surface area contributed by atoms with Crippen LogP contribution in [0.5, 0.6) is 0 Å². The van der Waals surface area contributed by atoms with E-state index in [1.807, 2.05) is 42.7 Å². The van der Waals surface area contributed by atoms with Crippen molar-refractivity contribution in [1.29, 1.82) is 0 Å². The first-order chi connectivity index (χ1) is 13.0. The highest BCUT2D eigenvalue weighted by Crippen LogP contribution is 2.27. The maximum absolute atomic E-state index is 12.3. The summed E-state index contributed by atoms with van der Waals surface area (Å²) in [5, 5.41) is 13.2. The van der Waals surface area contributed by atoms with Crippen molar-refractivity contribution in [3.8, 4) is 0 Å². The van der Waals surface area contributed by atoms with Crippen LogP contribution in [0.15, 0.2) is 18.5 Å². The first kappa shape index (κ1) is 19.5. The molecule has 2 aromatic heterocycles. The van der Waals surface area contributed by atoms with Gasteiger partial charge in [-0.2, -0.15) is 5.10 Å². The molecule has 27 heavy (non-hydrogen) atoms. The van der Waals surface area contributed by atoms with Gasteiger partial charge in [-0.05, 0) is 52.8 Å². The summed E-state index contributed by atoms with van der Waals surface area (Å²) < 4.78 is 4.10. The Labute approximate surface area is 161 Å². The fourth-order valence-electron chi connectivity index (χ4n) is 3.59. The number of amides is 1. The van der Waals surface area contributed by atoms with Crippen molar-refractivity contribution in [2.24, 2.45) is 0 Å². The van der Waals surface area contributed by atoms with E-state index in [-0.39, 0.29) is 11.9 Å². The largest absolute Gasteiger partial charge is 0.342 e. The minimum absolute atomic E-state index is 0.196. The van der Waals surface area contributed by atoms with Crippen molar-refractivity contribution in [3.63, 3.8) is 0 Å². The summed E-state index contributed by atoms with van der Waals surface area (Å²) in [6.45, 7) is 10.1. The van der Waals surface area contributed by atoms with E-state index >= 15 is 0 Å². The van der Waals surface area contributed by atoms with Gasteiger partial charge in [0.2, 0.25) is 5.91 Å². The minimum Gasteiger partial charge on any atom is -0.342 e. The lowest BCUT2D eigenvalue weighted by molar-refractivity contribution is -0.132. The Morgan fingerprint density at radius 2 is 2.04 bits per heavy atom. The van der Waals surface area contributed by atoms with Crippen molar-refractivity contribution >= 4 is 5.91 Å². The Bertz CT molecular complexity index is 729. The number of rotatable bonds is 7. The second kappa shape index (κ2) is 8.65. The highest BCUT2D eigenvalue weighted by Gasteiger charge is 2.27. The quantitative estimate of drug-likeness (QED) is 0.737. The summed E-state index contributed by atoms with van der Waals surface area (Å²) in [5.74, 6) is 2.62. The number of likely N-dealkylation sites (tertiary alicyclic amines) is 1. The third-order valence-corrected chi connectivity index (χ3v) is 5.51. The summed E-state index contributed by atoms with van der Waals surface area (Å²) in [5.41, 5.74) is 0. The van der Waals surface area contributed by atoms with E-state index in [0.29, 0.717) is 19.0 Å². The van der Waals surface area contributed by atoms with E-state index in [9.17, 15) is 4.79 Å². The van der Waals surface area contributed by atoms with E-state index in [2.05, 4.69) is 31.7 Å². The summed E-state index contributed by atoms with van der Waals surface area (Å²) in [6, 6.07) is 2.16. The van der Waals surface area contributed by atoms with Crippen LogP contribution in [0, 0.1) is 0 Å². The Kier molecular flexibility index (Phi) is 6.26. The van der Waals surface area contributed by atoms with Crippen LogP contribution in [0.3, 0.4) is 0 Å². The molecular formula is C19H31N7O. The van der Waals surface area contributed by atoms with Gasteiger partial charge in [-0.3, -0.25) is 14.4 Å². The molecular weight excluding hydrogens is 342 g/mol. The van der Waals surface area contributed by atoms with Crippen LogP contribution in [0.1, 0.15) is 51.2 Å². The number of piperidine rings is 1. The molecule has 0 N–H and O–H groups in total. The van der Waals surface area contributed by atoms with Gasteiger partial charge >= 0.3 is 0 Å². The Morgan fingerprint density at radius 3 is 2.63 bits per heavy atom. The molecule has 3 rings (SSSR count). The number of carbonyl (C=O) groups excluding carboxylic acids is 1. The van der Waals surface area contributed by atoms with Crippen LogP contribution in [0.25, 0.3) is 0 Å². The first-order valence-electron chi connectivity index (χ1n) is 9.87. The van der Waals surface area contributed by atoms with E-state index in [1.54, 1.807) is 6.20 Å². The van der Waals surface area contributed by atoms with Crippen molar-refractivity contribution in [1.82, 2.24) is 34.3 Å². The minimum atomic E-state index is 0.196. The number of carbonyl (C=O) groups is 1. The van der Waals surface area contributed by atoms with Crippen LogP contribution >= 0.6 is 0 Å². The zero-order valence-corrected chi connectivity index (χ0v) is 16.9. The topological polar surface area (TPSA) is 72.1 Å². The van der Waals surface area contributed by atoms with Gasteiger partial charge in [0.05, 0.1) is 6.54 Å². The van der Waals surface area contributed by atoms with E-state index in [1.165, 1.54) is 0 Å². The predicted molar refractivity (Wildman–Crippen MR) is 103 cm³/mol. The number of nitrogens with zero attached hydrogens (tertiary/aromatic N) is 7. The molecule has 2 aromatic rings. The molecule has 1 aliphatic heterocycles. The van der Waals surface area contributed by atoms with Gasteiger partial charge in [0.1, 0.15) is 12.4 Å². The highest BCUT2D eigenvalue weighted by atomic mass is 16.2. The number of aromatic nitrogens is 5. The fourth-order valence-corrected chi connectivity index (χ4v) is 3.59. The zero-order chi connectivity index (χ0) is 19.4. The highest BCUT2D eigenvalue weighted by molar-refractivity contribution is 5.78. The molecule has 0 bridgehead atoms. The monoisotopic (exact) mass is 373 g/mol. The molecule has 0 aromatic carbocycles. The second-order valence-corrected chi connectivity index (χ2v) is 7.57. The zero-order valence-electron chi connectivity index (χ0n) is 16.9. The average molecular weight is 374 g/mol. The first-order valence-corrected chi connectivity index (χ1v) is 9.87. The molecule has 0 spiro atoms. The predicted octanol–water partition coefficient (Wildman–Crippen LogP) is 1.59. The van der Waals surface area contributed by atoms with Crippen molar-refractivity contribution < 1.29 is 4.79 Å². The molecule has 0 saturated carbocycles. The normalized spacial score (nSPS) is 16.2. The van der Waals surface area contributed by atoms with Crippen molar-refractivity contribution in [2.45, 2.75) is 58.7 Å². The Hall–Kier alpha value is -2.22. The van der Waals surface area contributed by atoms with Gasteiger partial charge in [0.25, 0.3) is 0 Å². The van der Waals surface area contributed by atoms with Gasteiger partial charge in [-0.25, -0.2) is 0 Å². The number of hydrogen-bond donors (Lipinski definition) is 0. The molecule has 3 heterocycles. The van der Waals surface area contributed by atoms with Crippen LogP contribution in [0.2, 0.25) is 0 Å². The lowest BCUT2D eigenvalue weighted by atomic mass is 9.96. The SMILES string of the molecule is CCn1c(Cn2cccn2)nnc1C1CCN(CC(=O)N(C)C(C)C)CC1. The molecule has 8 nitrogen and oxygen atoms in total.